The van der Waals surface area contributed by atoms with Crippen molar-refractivity contribution in [2.45, 2.75) is 6.18 Å². The molecule has 4 rings (SSSR count). The van der Waals surface area contributed by atoms with Gasteiger partial charge in [-0.2, -0.15) is 13.2 Å². The van der Waals surface area contributed by atoms with Gasteiger partial charge in [-0.3, -0.25) is 4.79 Å². The molecule has 28 heavy (non-hydrogen) atoms. The summed E-state index contributed by atoms with van der Waals surface area (Å²) in [7, 11) is 0. The molecule has 3 N–H and O–H groups in total. The number of rotatable bonds is 2. The van der Waals surface area contributed by atoms with Gasteiger partial charge in [0, 0.05) is 29.4 Å². The first-order valence-corrected chi connectivity index (χ1v) is 8.80. The van der Waals surface area contributed by atoms with Gasteiger partial charge in [-0.05, 0) is 18.2 Å². The number of aromatic nitrogens is 2. The number of halogens is 5. The molecule has 0 atom stereocenters. The Bertz CT molecular complexity index is 1260. The molecule has 0 saturated carbocycles. The standard InChI is InChI=1S/C18H11Cl2F3N4O/c19-11-5-8(18(21,22)23)6-12(20)15(11)27-16-9-1-3-24-7-10(9)14-13(26-16)2-4-25-17(14)28/h1-2,4-7,24H,3H2,(H,25,28)(H,26,27). The first-order chi connectivity index (χ1) is 13.3. The fourth-order valence-corrected chi connectivity index (χ4v) is 3.59. The predicted octanol–water partition coefficient (Wildman–Crippen LogP) is 3.11. The molecule has 3 heterocycles. The van der Waals surface area contributed by atoms with Gasteiger partial charge in [0.25, 0.3) is 5.56 Å². The average Bonchev–Trinajstić information content (AvgIpc) is 2.63. The van der Waals surface area contributed by atoms with E-state index < -0.39 is 11.7 Å². The molecule has 1 aliphatic rings. The maximum Gasteiger partial charge on any atom is 0.416 e. The summed E-state index contributed by atoms with van der Waals surface area (Å²) in [5, 5.41) is 7.20. The van der Waals surface area contributed by atoms with Crippen molar-refractivity contribution in [3.63, 3.8) is 0 Å². The van der Waals surface area contributed by atoms with E-state index in [0.717, 1.165) is 12.1 Å². The normalized spacial score (nSPS) is 13.3. The number of anilines is 2. The van der Waals surface area contributed by atoms with Crippen LogP contribution in [-0.4, -0.2) is 16.5 Å². The molecule has 1 aliphatic heterocycles. The van der Waals surface area contributed by atoms with Crippen LogP contribution in [-0.2, 0) is 6.18 Å². The average molecular weight is 427 g/mol. The molecule has 5 nitrogen and oxygen atoms in total. The molecule has 1 aromatic carbocycles. The van der Waals surface area contributed by atoms with Crippen molar-refractivity contribution in [1.82, 2.24) is 15.3 Å². The summed E-state index contributed by atoms with van der Waals surface area (Å²) in [4.78, 5) is 19.3. The molecule has 0 amide bonds. The number of nitrogens with zero attached hydrogens (tertiary/aromatic N) is 1. The lowest BCUT2D eigenvalue weighted by molar-refractivity contribution is -0.137. The number of pyridine rings is 2. The molecule has 0 unspecified atom stereocenters. The third-order valence-corrected chi connectivity index (χ3v) is 4.87. The fraction of sp³-hybridized carbons (Fsp3) is 0.111. The number of benzene rings is 1. The third-order valence-electron chi connectivity index (χ3n) is 4.27. The summed E-state index contributed by atoms with van der Waals surface area (Å²) in [6, 6.07) is 3.22. The van der Waals surface area contributed by atoms with Crippen LogP contribution >= 0.6 is 23.2 Å². The monoisotopic (exact) mass is 426 g/mol. The maximum atomic E-state index is 12.9. The molecule has 2 aromatic heterocycles. The molecule has 144 valence electrons. The summed E-state index contributed by atoms with van der Waals surface area (Å²) in [6.07, 6.45) is 0.395. The van der Waals surface area contributed by atoms with Crippen LogP contribution in [0, 0.1) is 0 Å². The Labute approximate surface area is 165 Å². The number of hydrogen-bond donors (Lipinski definition) is 3. The van der Waals surface area contributed by atoms with Gasteiger partial charge in [0.15, 0.2) is 0 Å². The molecule has 0 saturated heterocycles. The Kier molecular flexibility index (Phi) is 4.47. The summed E-state index contributed by atoms with van der Waals surface area (Å²) in [6.45, 7) is 0.494. The van der Waals surface area contributed by atoms with Crippen LogP contribution in [0.4, 0.5) is 24.7 Å². The van der Waals surface area contributed by atoms with E-state index in [2.05, 4.69) is 20.6 Å². The fourth-order valence-electron chi connectivity index (χ4n) is 3.01. The van der Waals surface area contributed by atoms with Crippen molar-refractivity contribution < 1.29 is 13.2 Å². The quantitative estimate of drug-likeness (QED) is 0.588. The lowest BCUT2D eigenvalue weighted by Crippen LogP contribution is -2.38. The molecule has 0 fully saturated rings. The second-order valence-corrected chi connectivity index (χ2v) is 6.86. The van der Waals surface area contributed by atoms with Gasteiger partial charge in [0.1, 0.15) is 5.82 Å². The van der Waals surface area contributed by atoms with Crippen LogP contribution in [0.15, 0.2) is 29.2 Å². The highest BCUT2D eigenvalue weighted by Crippen LogP contribution is 2.39. The summed E-state index contributed by atoms with van der Waals surface area (Å²) in [5.74, 6) is 0.328. The van der Waals surface area contributed by atoms with E-state index in [0.29, 0.717) is 33.7 Å². The van der Waals surface area contributed by atoms with Crippen molar-refractivity contribution in [2.75, 3.05) is 11.9 Å². The number of hydrogen-bond acceptors (Lipinski definition) is 4. The van der Waals surface area contributed by atoms with Gasteiger partial charge in [0.05, 0.1) is 32.2 Å². The topological polar surface area (TPSA) is 69.8 Å². The number of alkyl halides is 3. The van der Waals surface area contributed by atoms with E-state index in [4.69, 9.17) is 23.2 Å². The van der Waals surface area contributed by atoms with E-state index in [1.165, 1.54) is 6.20 Å². The third kappa shape index (κ3) is 3.18. The smallest absolute Gasteiger partial charge is 0.387 e. The first-order valence-electron chi connectivity index (χ1n) is 8.04. The Morgan fingerprint density at radius 3 is 2.54 bits per heavy atom. The highest BCUT2D eigenvalue weighted by atomic mass is 35.5. The van der Waals surface area contributed by atoms with E-state index >= 15 is 0 Å². The zero-order chi connectivity index (χ0) is 20.1. The Balaban J connectivity index is 1.92. The molecular formula is C18H11Cl2F3N4O. The molecule has 0 spiro atoms. The second kappa shape index (κ2) is 6.72. The number of fused-ring (bicyclic) bond motifs is 3. The van der Waals surface area contributed by atoms with E-state index in [1.807, 2.05) is 6.08 Å². The van der Waals surface area contributed by atoms with Crippen LogP contribution in [0.1, 0.15) is 5.56 Å². The molecule has 0 bridgehead atoms. The van der Waals surface area contributed by atoms with E-state index in [1.54, 1.807) is 12.3 Å². The van der Waals surface area contributed by atoms with Gasteiger partial charge in [-0.25, -0.2) is 4.98 Å². The number of aromatic amines is 1. The zero-order valence-corrected chi connectivity index (χ0v) is 15.4. The second-order valence-electron chi connectivity index (χ2n) is 6.05. The summed E-state index contributed by atoms with van der Waals surface area (Å²) >= 11 is 12.1. The summed E-state index contributed by atoms with van der Waals surface area (Å²) in [5.41, 5.74) is -0.733. The Morgan fingerprint density at radius 1 is 1.14 bits per heavy atom. The molecular weight excluding hydrogens is 416 g/mol. The molecule has 3 aromatic rings. The minimum atomic E-state index is -4.57. The minimum absolute atomic E-state index is 0.0992. The minimum Gasteiger partial charge on any atom is -0.387 e. The van der Waals surface area contributed by atoms with Gasteiger partial charge in [-0.15, -0.1) is 0 Å². The van der Waals surface area contributed by atoms with Crippen molar-refractivity contribution in [2.24, 2.45) is 0 Å². The van der Waals surface area contributed by atoms with Crippen LogP contribution in [0.5, 0.6) is 0 Å². The molecule has 10 heteroatoms. The lowest BCUT2D eigenvalue weighted by Gasteiger charge is -2.16. The van der Waals surface area contributed by atoms with Crippen molar-refractivity contribution >= 4 is 57.9 Å². The van der Waals surface area contributed by atoms with Gasteiger partial charge >= 0.3 is 6.18 Å². The highest BCUT2D eigenvalue weighted by molar-refractivity contribution is 6.39. The van der Waals surface area contributed by atoms with Crippen LogP contribution in [0.25, 0.3) is 23.2 Å². The van der Waals surface area contributed by atoms with Crippen molar-refractivity contribution in [3.8, 4) is 0 Å². The van der Waals surface area contributed by atoms with Gasteiger partial charge < -0.3 is 15.6 Å². The first kappa shape index (κ1) is 18.6. The number of nitrogens with one attached hydrogen (secondary N) is 3. The van der Waals surface area contributed by atoms with Crippen molar-refractivity contribution in [1.29, 1.82) is 0 Å². The SMILES string of the molecule is O=c1[nH]ccc2nc(Nc3c(Cl)cc(C(F)(F)F)cc3Cl)c3c(c12)=CNCC=3. The zero-order valence-electron chi connectivity index (χ0n) is 13.9. The van der Waals surface area contributed by atoms with Crippen molar-refractivity contribution in [3.05, 3.63) is 60.8 Å². The van der Waals surface area contributed by atoms with Gasteiger partial charge in [0.2, 0.25) is 0 Å². The highest BCUT2D eigenvalue weighted by Gasteiger charge is 2.32. The van der Waals surface area contributed by atoms with Crippen LogP contribution in [0.3, 0.4) is 0 Å². The van der Waals surface area contributed by atoms with Crippen LogP contribution < -0.4 is 26.6 Å². The van der Waals surface area contributed by atoms with E-state index in [9.17, 15) is 18.0 Å². The van der Waals surface area contributed by atoms with Gasteiger partial charge in [-0.1, -0.05) is 29.3 Å². The van der Waals surface area contributed by atoms with E-state index in [-0.39, 0.29) is 21.3 Å². The van der Waals surface area contributed by atoms with Crippen LogP contribution in [0.2, 0.25) is 10.0 Å². The largest absolute Gasteiger partial charge is 0.416 e. The predicted molar refractivity (Wildman–Crippen MR) is 103 cm³/mol. The summed E-state index contributed by atoms with van der Waals surface area (Å²) < 4.78 is 38.8. The molecule has 0 radical (unpaired) electrons. The number of H-pyrrole nitrogens is 1. The molecule has 0 aliphatic carbocycles. The Hall–Kier alpha value is -2.71. The Morgan fingerprint density at radius 2 is 1.86 bits per heavy atom. The lowest BCUT2D eigenvalue weighted by atomic mass is 10.1. The maximum absolute atomic E-state index is 12.9.